The van der Waals surface area contributed by atoms with E-state index >= 15 is 0 Å². The molecule has 5 nitrogen and oxygen atoms in total. The standard InChI is InChI=1S/C12H15ClN2O3/c1-18-8-3-2-7(6-8)15-11-10(13)9(12(16)17)4-5-14-11/h4-5,7-8H,2-3,6H2,1H3,(H,14,15)(H,16,17). The van der Waals surface area contributed by atoms with Crippen molar-refractivity contribution in [1.29, 1.82) is 0 Å². The predicted molar refractivity (Wildman–Crippen MR) is 68.3 cm³/mol. The molecule has 1 aromatic rings. The lowest BCUT2D eigenvalue weighted by atomic mass is 10.2. The van der Waals surface area contributed by atoms with Crippen LogP contribution in [0.3, 0.4) is 0 Å². The fourth-order valence-corrected chi connectivity index (χ4v) is 2.44. The normalized spacial score (nSPS) is 23.0. The van der Waals surface area contributed by atoms with Gasteiger partial charge in [0.1, 0.15) is 5.82 Å². The number of nitrogens with one attached hydrogen (secondary N) is 1. The average molecular weight is 271 g/mol. The highest BCUT2D eigenvalue weighted by molar-refractivity contribution is 6.35. The van der Waals surface area contributed by atoms with E-state index < -0.39 is 5.97 Å². The van der Waals surface area contributed by atoms with Gasteiger partial charge in [0.15, 0.2) is 0 Å². The van der Waals surface area contributed by atoms with Crippen molar-refractivity contribution in [2.45, 2.75) is 31.4 Å². The summed E-state index contributed by atoms with van der Waals surface area (Å²) in [5.41, 5.74) is 0.0652. The van der Waals surface area contributed by atoms with E-state index in [9.17, 15) is 4.79 Å². The third-order valence-corrected chi connectivity index (χ3v) is 3.56. The van der Waals surface area contributed by atoms with E-state index in [0.29, 0.717) is 5.82 Å². The number of methoxy groups -OCH3 is 1. The van der Waals surface area contributed by atoms with Gasteiger partial charge in [0, 0.05) is 19.3 Å². The first-order chi connectivity index (χ1) is 8.61. The van der Waals surface area contributed by atoms with Crippen molar-refractivity contribution in [3.8, 4) is 0 Å². The summed E-state index contributed by atoms with van der Waals surface area (Å²) >= 11 is 6.02. The molecule has 1 saturated carbocycles. The molecule has 1 heterocycles. The zero-order valence-electron chi connectivity index (χ0n) is 10.0. The van der Waals surface area contributed by atoms with Gasteiger partial charge in [-0.1, -0.05) is 11.6 Å². The van der Waals surface area contributed by atoms with E-state index in [0.717, 1.165) is 19.3 Å². The Hall–Kier alpha value is -1.33. The molecule has 0 spiro atoms. The maximum absolute atomic E-state index is 10.9. The Bertz CT molecular complexity index is 453. The van der Waals surface area contributed by atoms with Crippen LogP contribution in [-0.4, -0.2) is 35.3 Å². The smallest absolute Gasteiger partial charge is 0.337 e. The zero-order chi connectivity index (χ0) is 13.1. The van der Waals surface area contributed by atoms with Gasteiger partial charge in [0.25, 0.3) is 0 Å². The average Bonchev–Trinajstić information content (AvgIpc) is 2.79. The molecule has 0 bridgehead atoms. The Balaban J connectivity index is 2.10. The van der Waals surface area contributed by atoms with Crippen molar-refractivity contribution in [2.75, 3.05) is 12.4 Å². The van der Waals surface area contributed by atoms with Gasteiger partial charge in [-0.25, -0.2) is 9.78 Å². The van der Waals surface area contributed by atoms with Gasteiger partial charge in [-0.05, 0) is 25.3 Å². The summed E-state index contributed by atoms with van der Waals surface area (Å²) in [4.78, 5) is 15.0. The van der Waals surface area contributed by atoms with Gasteiger partial charge in [-0.3, -0.25) is 0 Å². The molecular weight excluding hydrogens is 256 g/mol. The van der Waals surface area contributed by atoms with Crippen molar-refractivity contribution >= 4 is 23.4 Å². The van der Waals surface area contributed by atoms with Gasteiger partial charge >= 0.3 is 5.97 Å². The molecule has 2 atom stereocenters. The highest BCUT2D eigenvalue weighted by atomic mass is 35.5. The fraction of sp³-hybridized carbons (Fsp3) is 0.500. The number of carboxylic acid groups (broad SMARTS) is 1. The second kappa shape index (κ2) is 5.54. The molecule has 98 valence electrons. The number of aromatic carboxylic acids is 1. The van der Waals surface area contributed by atoms with Crippen LogP contribution in [0.1, 0.15) is 29.6 Å². The largest absolute Gasteiger partial charge is 0.478 e. The van der Waals surface area contributed by atoms with Gasteiger partial charge in [-0.2, -0.15) is 0 Å². The number of ether oxygens (including phenoxy) is 1. The highest BCUT2D eigenvalue weighted by Crippen LogP contribution is 2.28. The summed E-state index contributed by atoms with van der Waals surface area (Å²) in [5.74, 6) is -0.620. The minimum atomic E-state index is -1.05. The lowest BCUT2D eigenvalue weighted by Gasteiger charge is -2.15. The minimum absolute atomic E-state index is 0.0652. The number of hydrogen-bond donors (Lipinski definition) is 2. The lowest BCUT2D eigenvalue weighted by molar-refractivity contribution is 0.0697. The number of carboxylic acids is 1. The third kappa shape index (κ3) is 2.73. The van der Waals surface area contributed by atoms with Crippen LogP contribution in [0.4, 0.5) is 5.82 Å². The van der Waals surface area contributed by atoms with Crippen molar-refractivity contribution in [1.82, 2.24) is 4.98 Å². The number of rotatable bonds is 4. The number of nitrogens with zero attached hydrogens (tertiary/aromatic N) is 1. The van der Waals surface area contributed by atoms with Crippen LogP contribution in [0, 0.1) is 0 Å². The van der Waals surface area contributed by atoms with E-state index in [1.807, 2.05) is 0 Å². The number of aromatic nitrogens is 1. The number of pyridine rings is 1. The Kier molecular flexibility index (Phi) is 4.04. The quantitative estimate of drug-likeness (QED) is 0.879. The monoisotopic (exact) mass is 270 g/mol. The van der Waals surface area contributed by atoms with Crippen LogP contribution < -0.4 is 5.32 Å². The molecule has 0 amide bonds. The summed E-state index contributed by atoms with van der Waals surface area (Å²) in [5, 5.41) is 12.3. The Labute approximate surface area is 110 Å². The molecule has 6 heteroatoms. The van der Waals surface area contributed by atoms with Gasteiger partial charge in [0.2, 0.25) is 0 Å². The van der Waals surface area contributed by atoms with Crippen LogP contribution in [0.25, 0.3) is 0 Å². The van der Waals surface area contributed by atoms with Crippen LogP contribution in [0.2, 0.25) is 5.02 Å². The highest BCUT2D eigenvalue weighted by Gasteiger charge is 2.25. The van der Waals surface area contributed by atoms with Gasteiger partial charge < -0.3 is 15.2 Å². The molecule has 1 aromatic heterocycles. The molecule has 0 saturated heterocycles. The molecular formula is C12H15ClN2O3. The van der Waals surface area contributed by atoms with E-state index in [4.69, 9.17) is 21.4 Å². The number of hydrogen-bond acceptors (Lipinski definition) is 4. The van der Waals surface area contributed by atoms with Crippen LogP contribution >= 0.6 is 11.6 Å². The molecule has 2 rings (SSSR count). The van der Waals surface area contributed by atoms with Gasteiger partial charge in [-0.15, -0.1) is 0 Å². The minimum Gasteiger partial charge on any atom is -0.478 e. The van der Waals surface area contributed by atoms with Crippen LogP contribution in [0.5, 0.6) is 0 Å². The molecule has 18 heavy (non-hydrogen) atoms. The lowest BCUT2D eigenvalue weighted by Crippen LogP contribution is -2.18. The number of anilines is 1. The Morgan fingerprint density at radius 3 is 3.00 bits per heavy atom. The molecule has 1 aliphatic rings. The van der Waals surface area contributed by atoms with Crippen molar-refractivity contribution < 1.29 is 14.6 Å². The summed E-state index contributed by atoms with van der Waals surface area (Å²) in [6.45, 7) is 0. The molecule has 2 unspecified atom stereocenters. The van der Waals surface area contributed by atoms with Crippen molar-refractivity contribution in [2.24, 2.45) is 0 Å². The van der Waals surface area contributed by atoms with E-state index in [-0.39, 0.29) is 22.7 Å². The summed E-state index contributed by atoms with van der Waals surface area (Å²) in [6, 6.07) is 1.62. The Morgan fingerprint density at radius 1 is 1.61 bits per heavy atom. The molecule has 1 aliphatic carbocycles. The van der Waals surface area contributed by atoms with Crippen LogP contribution in [-0.2, 0) is 4.74 Å². The van der Waals surface area contributed by atoms with Crippen molar-refractivity contribution in [3.63, 3.8) is 0 Å². The Morgan fingerprint density at radius 2 is 2.39 bits per heavy atom. The maximum Gasteiger partial charge on any atom is 0.337 e. The topological polar surface area (TPSA) is 71.5 Å². The first-order valence-corrected chi connectivity index (χ1v) is 6.16. The summed E-state index contributed by atoms with van der Waals surface area (Å²) in [7, 11) is 1.70. The fourth-order valence-electron chi connectivity index (χ4n) is 2.19. The second-order valence-corrected chi connectivity index (χ2v) is 4.72. The molecule has 0 aliphatic heterocycles. The predicted octanol–water partition coefficient (Wildman–Crippen LogP) is 2.41. The third-order valence-electron chi connectivity index (χ3n) is 3.18. The van der Waals surface area contributed by atoms with E-state index in [1.165, 1.54) is 12.3 Å². The van der Waals surface area contributed by atoms with E-state index in [2.05, 4.69) is 10.3 Å². The van der Waals surface area contributed by atoms with Gasteiger partial charge in [0.05, 0.1) is 16.7 Å². The zero-order valence-corrected chi connectivity index (χ0v) is 10.8. The summed E-state index contributed by atoms with van der Waals surface area (Å²) < 4.78 is 5.28. The van der Waals surface area contributed by atoms with Crippen LogP contribution in [0.15, 0.2) is 12.3 Å². The second-order valence-electron chi connectivity index (χ2n) is 4.34. The van der Waals surface area contributed by atoms with Crippen molar-refractivity contribution in [3.05, 3.63) is 22.8 Å². The number of carbonyl (C=O) groups is 1. The molecule has 0 radical (unpaired) electrons. The first-order valence-electron chi connectivity index (χ1n) is 5.79. The molecule has 1 fully saturated rings. The number of halogens is 1. The maximum atomic E-state index is 10.9. The van der Waals surface area contributed by atoms with E-state index in [1.54, 1.807) is 7.11 Å². The first kappa shape index (κ1) is 13.1. The SMILES string of the molecule is COC1CCC(Nc2nccc(C(=O)O)c2Cl)C1. The molecule has 0 aromatic carbocycles. The molecule has 2 N–H and O–H groups in total. The summed E-state index contributed by atoms with van der Waals surface area (Å²) in [6.07, 6.45) is 4.54.